The minimum absolute atomic E-state index is 0.400. The molecule has 1 aromatic carbocycles. The highest BCUT2D eigenvalue weighted by Crippen LogP contribution is 2.21. The van der Waals surface area contributed by atoms with Crippen LogP contribution in [0.4, 0.5) is 0 Å². The molecule has 1 saturated heterocycles. The second-order valence-corrected chi connectivity index (χ2v) is 5.64. The van der Waals surface area contributed by atoms with Gasteiger partial charge in [-0.15, -0.1) is 0 Å². The molecule has 0 radical (unpaired) electrons. The van der Waals surface area contributed by atoms with E-state index < -0.39 is 0 Å². The summed E-state index contributed by atoms with van der Waals surface area (Å²) in [5.41, 5.74) is 2.03. The van der Waals surface area contributed by atoms with E-state index in [-0.39, 0.29) is 0 Å². The molecule has 1 aliphatic rings. The van der Waals surface area contributed by atoms with Crippen LogP contribution >= 0.6 is 0 Å². The van der Waals surface area contributed by atoms with Gasteiger partial charge in [0.25, 0.3) is 0 Å². The van der Waals surface area contributed by atoms with Gasteiger partial charge in [0.15, 0.2) is 0 Å². The fourth-order valence-corrected chi connectivity index (χ4v) is 2.97. The van der Waals surface area contributed by atoms with E-state index in [9.17, 15) is 0 Å². The van der Waals surface area contributed by atoms with Gasteiger partial charge in [0, 0.05) is 18.6 Å². The first kappa shape index (κ1) is 15.0. The molecule has 1 fully saturated rings. The average molecular weight is 271 g/mol. The van der Waals surface area contributed by atoms with E-state index in [1.807, 2.05) is 12.1 Å². The van der Waals surface area contributed by atoms with Gasteiger partial charge in [-0.05, 0) is 50.6 Å². The zero-order valence-electron chi connectivity index (χ0n) is 12.6. The van der Waals surface area contributed by atoms with Gasteiger partial charge < -0.3 is 5.32 Å². The second-order valence-electron chi connectivity index (χ2n) is 5.64. The minimum Gasteiger partial charge on any atom is -0.313 e. The van der Waals surface area contributed by atoms with Crippen molar-refractivity contribution in [3.8, 4) is 6.07 Å². The predicted octanol–water partition coefficient (Wildman–Crippen LogP) is 3.08. The summed E-state index contributed by atoms with van der Waals surface area (Å²) in [7, 11) is 0. The van der Waals surface area contributed by atoms with Gasteiger partial charge in [-0.1, -0.05) is 25.5 Å². The summed E-state index contributed by atoms with van der Waals surface area (Å²) < 4.78 is 0. The van der Waals surface area contributed by atoms with Crippen LogP contribution in [0.3, 0.4) is 0 Å². The molecule has 1 aromatic rings. The monoisotopic (exact) mass is 271 g/mol. The van der Waals surface area contributed by atoms with Crippen LogP contribution in [-0.4, -0.2) is 30.6 Å². The van der Waals surface area contributed by atoms with Crippen molar-refractivity contribution < 1.29 is 0 Å². The van der Waals surface area contributed by atoms with Gasteiger partial charge in [0.2, 0.25) is 0 Å². The zero-order chi connectivity index (χ0) is 14.4. The van der Waals surface area contributed by atoms with E-state index in [2.05, 4.69) is 42.3 Å². The minimum atomic E-state index is 0.400. The molecule has 1 aliphatic heterocycles. The predicted molar refractivity (Wildman–Crippen MR) is 82.5 cm³/mol. The Hall–Kier alpha value is -1.37. The molecular formula is C17H25N3. The maximum atomic E-state index is 8.87. The van der Waals surface area contributed by atoms with E-state index in [1.54, 1.807) is 0 Å². The first-order valence-electron chi connectivity index (χ1n) is 7.72. The van der Waals surface area contributed by atoms with Crippen LogP contribution in [0.5, 0.6) is 0 Å². The zero-order valence-corrected chi connectivity index (χ0v) is 12.6. The quantitative estimate of drug-likeness (QED) is 0.894. The molecular weight excluding hydrogens is 246 g/mol. The van der Waals surface area contributed by atoms with Crippen LogP contribution in [0, 0.1) is 11.3 Å². The summed E-state index contributed by atoms with van der Waals surface area (Å²) in [6.45, 7) is 7.81. The van der Waals surface area contributed by atoms with Crippen LogP contribution in [0.2, 0.25) is 0 Å². The number of likely N-dealkylation sites (N-methyl/N-ethyl adjacent to an activating group) is 1. The van der Waals surface area contributed by atoms with Crippen molar-refractivity contribution in [2.24, 2.45) is 0 Å². The molecule has 1 N–H and O–H groups in total. The number of rotatable bonds is 5. The highest BCUT2D eigenvalue weighted by atomic mass is 15.2. The van der Waals surface area contributed by atoms with Gasteiger partial charge in [-0.3, -0.25) is 4.90 Å². The van der Waals surface area contributed by atoms with Crippen LogP contribution in [0.1, 0.15) is 50.3 Å². The SMILES string of the molecule is CCN(CC1CCCCN1)C(C)c1ccc(C#N)cc1. The van der Waals surface area contributed by atoms with Crippen molar-refractivity contribution in [3.63, 3.8) is 0 Å². The molecule has 2 atom stereocenters. The molecule has 1 heterocycles. The summed E-state index contributed by atoms with van der Waals surface area (Å²) in [5.74, 6) is 0. The smallest absolute Gasteiger partial charge is 0.0991 e. The lowest BCUT2D eigenvalue weighted by molar-refractivity contribution is 0.184. The summed E-state index contributed by atoms with van der Waals surface area (Å²) in [5, 5.41) is 12.5. The maximum absolute atomic E-state index is 8.87. The standard InChI is InChI=1S/C17H25N3/c1-3-20(13-17-6-4-5-11-19-17)14(2)16-9-7-15(12-18)8-10-16/h7-10,14,17,19H,3-6,11,13H2,1-2H3. The van der Waals surface area contributed by atoms with Crippen LogP contribution in [-0.2, 0) is 0 Å². The Morgan fingerprint density at radius 2 is 2.10 bits per heavy atom. The van der Waals surface area contributed by atoms with Crippen LogP contribution < -0.4 is 5.32 Å². The summed E-state index contributed by atoms with van der Waals surface area (Å²) in [6, 6.07) is 11.2. The van der Waals surface area contributed by atoms with Crippen molar-refractivity contribution in [1.82, 2.24) is 10.2 Å². The molecule has 20 heavy (non-hydrogen) atoms. The van der Waals surface area contributed by atoms with E-state index in [0.717, 1.165) is 25.2 Å². The first-order valence-corrected chi connectivity index (χ1v) is 7.72. The van der Waals surface area contributed by atoms with Gasteiger partial charge in [-0.25, -0.2) is 0 Å². The third kappa shape index (κ3) is 3.82. The number of benzene rings is 1. The second kappa shape index (κ2) is 7.42. The number of nitriles is 1. The highest BCUT2D eigenvalue weighted by Gasteiger charge is 2.20. The molecule has 0 amide bonds. The number of hydrogen-bond acceptors (Lipinski definition) is 3. The molecule has 0 saturated carbocycles. The largest absolute Gasteiger partial charge is 0.313 e. The van der Waals surface area contributed by atoms with Gasteiger partial charge in [0.05, 0.1) is 11.6 Å². The summed E-state index contributed by atoms with van der Waals surface area (Å²) in [4.78, 5) is 2.52. The Balaban J connectivity index is 1.99. The van der Waals surface area contributed by atoms with Crippen molar-refractivity contribution in [1.29, 1.82) is 5.26 Å². The lowest BCUT2D eigenvalue weighted by atomic mass is 10.0. The average Bonchev–Trinajstić information content (AvgIpc) is 2.53. The molecule has 108 valence electrons. The van der Waals surface area contributed by atoms with Crippen molar-refractivity contribution in [2.45, 2.75) is 45.2 Å². The number of hydrogen-bond donors (Lipinski definition) is 1. The molecule has 0 aromatic heterocycles. The maximum Gasteiger partial charge on any atom is 0.0991 e. The van der Waals surface area contributed by atoms with Crippen LogP contribution in [0.25, 0.3) is 0 Å². The van der Waals surface area contributed by atoms with Crippen LogP contribution in [0.15, 0.2) is 24.3 Å². The Morgan fingerprint density at radius 3 is 2.65 bits per heavy atom. The first-order chi connectivity index (χ1) is 9.74. The number of nitrogens with zero attached hydrogens (tertiary/aromatic N) is 2. The van der Waals surface area contributed by atoms with Gasteiger partial charge in [-0.2, -0.15) is 5.26 Å². The van der Waals surface area contributed by atoms with Crippen molar-refractivity contribution in [2.75, 3.05) is 19.6 Å². The number of nitrogens with one attached hydrogen (secondary N) is 1. The molecule has 2 unspecified atom stereocenters. The Morgan fingerprint density at radius 1 is 1.35 bits per heavy atom. The molecule has 0 bridgehead atoms. The topological polar surface area (TPSA) is 39.1 Å². The third-order valence-electron chi connectivity index (χ3n) is 4.34. The normalized spacial score (nSPS) is 20.6. The van der Waals surface area contributed by atoms with E-state index >= 15 is 0 Å². The molecule has 0 spiro atoms. The lowest BCUT2D eigenvalue weighted by Crippen LogP contribution is -2.44. The van der Waals surface area contributed by atoms with Gasteiger partial charge in [0.1, 0.15) is 0 Å². The third-order valence-corrected chi connectivity index (χ3v) is 4.34. The molecule has 3 nitrogen and oxygen atoms in total. The van der Waals surface area contributed by atoms with Gasteiger partial charge >= 0.3 is 0 Å². The highest BCUT2D eigenvalue weighted by molar-refractivity contribution is 5.32. The Bertz CT molecular complexity index is 440. The molecule has 3 heteroatoms. The van der Waals surface area contributed by atoms with Crippen molar-refractivity contribution >= 4 is 0 Å². The molecule has 2 rings (SSSR count). The Labute approximate surface area is 122 Å². The fourth-order valence-electron chi connectivity index (χ4n) is 2.97. The van der Waals surface area contributed by atoms with Crippen molar-refractivity contribution in [3.05, 3.63) is 35.4 Å². The summed E-state index contributed by atoms with van der Waals surface area (Å²) in [6.07, 6.45) is 3.95. The van der Waals surface area contributed by atoms with E-state index in [1.165, 1.54) is 24.8 Å². The lowest BCUT2D eigenvalue weighted by Gasteiger charge is -2.34. The molecule has 0 aliphatic carbocycles. The summed E-state index contributed by atoms with van der Waals surface area (Å²) >= 11 is 0. The van der Waals surface area contributed by atoms with E-state index in [0.29, 0.717) is 12.1 Å². The number of piperidine rings is 1. The van der Waals surface area contributed by atoms with E-state index in [4.69, 9.17) is 5.26 Å². The Kier molecular flexibility index (Phi) is 5.58. The fraction of sp³-hybridized carbons (Fsp3) is 0.588.